The molecule has 0 bridgehead atoms. The minimum absolute atomic E-state index is 0.179. The maximum Gasteiger partial charge on any atom is 0.339 e. The summed E-state index contributed by atoms with van der Waals surface area (Å²) in [4.78, 5) is 11.1. The lowest BCUT2D eigenvalue weighted by Gasteiger charge is -2.12. The quantitative estimate of drug-likeness (QED) is 0.784. The minimum atomic E-state index is -0.987. The van der Waals surface area contributed by atoms with Crippen LogP contribution in [0, 0.1) is 6.92 Å². The molecule has 0 aliphatic rings. The number of halogens is 1. The number of hydrogen-bond donors (Lipinski definition) is 1. The van der Waals surface area contributed by atoms with Gasteiger partial charge in [-0.2, -0.15) is 0 Å². The lowest BCUT2D eigenvalue weighted by molar-refractivity contribution is 0.0691. The molecule has 0 saturated carbocycles. The predicted octanol–water partition coefficient (Wildman–Crippen LogP) is 3.26. The number of hydrogen-bond acceptors (Lipinski definition) is 3. The molecule has 0 fully saturated rings. The van der Waals surface area contributed by atoms with E-state index in [4.69, 9.17) is 14.6 Å². The number of aryl methyl sites for hydroxylation is 1. The Morgan fingerprint density at radius 3 is 2.72 bits per heavy atom. The van der Waals surface area contributed by atoms with Crippen LogP contribution in [0.4, 0.5) is 0 Å². The van der Waals surface area contributed by atoms with Crippen molar-refractivity contribution < 1.29 is 19.4 Å². The van der Waals surface area contributed by atoms with Crippen molar-refractivity contribution in [2.75, 3.05) is 19.8 Å². The number of aromatic carboxylic acids is 1. The Morgan fingerprint density at radius 2 is 2.11 bits per heavy atom. The molecule has 4 nitrogen and oxygen atoms in total. The monoisotopic (exact) mass is 316 g/mol. The first kappa shape index (κ1) is 15.0. The Morgan fingerprint density at radius 1 is 1.39 bits per heavy atom. The van der Waals surface area contributed by atoms with Gasteiger partial charge in [-0.1, -0.05) is 15.9 Å². The maximum absolute atomic E-state index is 11.1. The number of carboxylic acids is 1. The summed E-state index contributed by atoms with van der Waals surface area (Å²) in [7, 11) is 0. The summed E-state index contributed by atoms with van der Waals surface area (Å²) < 4.78 is 11.5. The van der Waals surface area contributed by atoms with Crippen molar-refractivity contribution in [2.45, 2.75) is 20.3 Å². The summed E-state index contributed by atoms with van der Waals surface area (Å²) >= 11 is 3.28. The minimum Gasteiger partial charge on any atom is -0.492 e. The van der Waals surface area contributed by atoms with Crippen molar-refractivity contribution in [1.82, 2.24) is 0 Å². The molecule has 100 valence electrons. The van der Waals surface area contributed by atoms with Crippen molar-refractivity contribution in [2.24, 2.45) is 0 Å². The molecule has 0 aliphatic carbocycles. The van der Waals surface area contributed by atoms with Gasteiger partial charge in [0.2, 0.25) is 0 Å². The lowest BCUT2D eigenvalue weighted by Crippen LogP contribution is -2.08. The van der Waals surface area contributed by atoms with Gasteiger partial charge < -0.3 is 14.6 Å². The van der Waals surface area contributed by atoms with E-state index in [0.717, 1.165) is 16.5 Å². The third-order valence-electron chi connectivity index (χ3n) is 2.35. The topological polar surface area (TPSA) is 55.8 Å². The van der Waals surface area contributed by atoms with E-state index in [1.807, 2.05) is 19.9 Å². The van der Waals surface area contributed by atoms with E-state index in [0.29, 0.717) is 25.6 Å². The van der Waals surface area contributed by atoms with Crippen molar-refractivity contribution in [3.63, 3.8) is 0 Å². The normalized spacial score (nSPS) is 10.4. The van der Waals surface area contributed by atoms with Crippen LogP contribution in [0.1, 0.15) is 29.3 Å². The Balaban J connectivity index is 2.71. The van der Waals surface area contributed by atoms with Gasteiger partial charge in [0.1, 0.15) is 11.3 Å². The van der Waals surface area contributed by atoms with Gasteiger partial charge in [0.15, 0.2) is 0 Å². The molecular weight excluding hydrogens is 300 g/mol. The number of ether oxygens (including phenoxy) is 2. The third-order valence-corrected chi connectivity index (χ3v) is 2.81. The SMILES string of the molecule is CCOCCCOc1c(C)cc(Br)cc1C(=O)O. The standard InChI is InChI=1S/C13H17BrO4/c1-3-17-5-4-6-18-12-9(2)7-10(14)8-11(12)13(15)16/h7-8H,3-6H2,1-2H3,(H,15,16). The molecule has 0 amide bonds. The van der Waals surface area contributed by atoms with Gasteiger partial charge >= 0.3 is 5.97 Å². The van der Waals surface area contributed by atoms with Crippen LogP contribution in [0.2, 0.25) is 0 Å². The smallest absolute Gasteiger partial charge is 0.339 e. The van der Waals surface area contributed by atoms with Gasteiger partial charge in [0.05, 0.1) is 6.61 Å². The molecule has 1 aromatic carbocycles. The van der Waals surface area contributed by atoms with Crippen molar-refractivity contribution >= 4 is 21.9 Å². The number of carboxylic acid groups (broad SMARTS) is 1. The summed E-state index contributed by atoms with van der Waals surface area (Å²) in [6, 6.07) is 3.39. The zero-order valence-electron chi connectivity index (χ0n) is 10.5. The molecular formula is C13H17BrO4. The molecule has 1 N–H and O–H groups in total. The summed E-state index contributed by atoms with van der Waals surface area (Å²) in [5, 5.41) is 9.13. The van der Waals surface area contributed by atoms with Crippen LogP contribution in [0.3, 0.4) is 0 Å². The molecule has 0 heterocycles. The molecule has 0 unspecified atom stereocenters. The van der Waals surface area contributed by atoms with Gasteiger partial charge in [-0.05, 0) is 31.5 Å². The zero-order valence-corrected chi connectivity index (χ0v) is 12.1. The molecule has 1 aromatic rings. The summed E-state index contributed by atoms with van der Waals surface area (Å²) in [6.07, 6.45) is 0.738. The van der Waals surface area contributed by atoms with E-state index in [-0.39, 0.29) is 5.56 Å². The number of rotatable bonds is 7. The van der Waals surface area contributed by atoms with Crippen LogP contribution >= 0.6 is 15.9 Å². The maximum atomic E-state index is 11.1. The Kier molecular flexibility index (Phi) is 6.15. The van der Waals surface area contributed by atoms with Crippen molar-refractivity contribution in [1.29, 1.82) is 0 Å². The molecule has 0 atom stereocenters. The highest BCUT2D eigenvalue weighted by Crippen LogP contribution is 2.28. The van der Waals surface area contributed by atoms with Gasteiger partial charge in [0, 0.05) is 24.1 Å². The summed E-state index contributed by atoms with van der Waals surface area (Å²) in [5.41, 5.74) is 0.983. The highest BCUT2D eigenvalue weighted by atomic mass is 79.9. The van der Waals surface area contributed by atoms with Crippen molar-refractivity contribution in [3.8, 4) is 5.75 Å². The molecule has 18 heavy (non-hydrogen) atoms. The van der Waals surface area contributed by atoms with Crippen LogP contribution in [0.15, 0.2) is 16.6 Å². The van der Waals surface area contributed by atoms with Crippen LogP contribution in [0.25, 0.3) is 0 Å². The number of benzene rings is 1. The first-order chi connectivity index (χ1) is 8.56. The first-order valence-electron chi connectivity index (χ1n) is 5.80. The molecule has 5 heteroatoms. The summed E-state index contributed by atoms with van der Waals surface area (Å²) in [5.74, 6) is -0.554. The van der Waals surface area contributed by atoms with E-state index in [2.05, 4.69) is 15.9 Å². The zero-order chi connectivity index (χ0) is 13.5. The average Bonchev–Trinajstić information content (AvgIpc) is 2.30. The largest absolute Gasteiger partial charge is 0.492 e. The van der Waals surface area contributed by atoms with Gasteiger partial charge in [-0.15, -0.1) is 0 Å². The predicted molar refractivity (Wildman–Crippen MR) is 72.4 cm³/mol. The fourth-order valence-electron chi connectivity index (χ4n) is 1.56. The summed E-state index contributed by atoms with van der Waals surface area (Å²) in [6.45, 7) is 5.51. The Bertz CT molecular complexity index is 418. The Hall–Kier alpha value is -1.07. The van der Waals surface area contributed by atoms with E-state index in [1.54, 1.807) is 6.07 Å². The molecule has 1 rings (SSSR count). The highest BCUT2D eigenvalue weighted by Gasteiger charge is 2.15. The fourth-order valence-corrected chi connectivity index (χ4v) is 2.13. The van der Waals surface area contributed by atoms with Gasteiger partial charge in [0.25, 0.3) is 0 Å². The Labute approximate surface area is 115 Å². The second-order valence-corrected chi connectivity index (χ2v) is 4.72. The van der Waals surface area contributed by atoms with E-state index in [9.17, 15) is 4.79 Å². The third kappa shape index (κ3) is 4.31. The molecule has 0 radical (unpaired) electrons. The van der Waals surface area contributed by atoms with Crippen molar-refractivity contribution in [3.05, 3.63) is 27.7 Å². The van der Waals surface area contributed by atoms with E-state index >= 15 is 0 Å². The lowest BCUT2D eigenvalue weighted by atomic mass is 10.1. The molecule has 0 spiro atoms. The second-order valence-electron chi connectivity index (χ2n) is 3.80. The van der Waals surface area contributed by atoms with E-state index in [1.165, 1.54) is 0 Å². The molecule has 0 saturated heterocycles. The number of carbonyl (C=O) groups is 1. The van der Waals surface area contributed by atoms with Gasteiger partial charge in [-0.3, -0.25) is 0 Å². The highest BCUT2D eigenvalue weighted by molar-refractivity contribution is 9.10. The van der Waals surface area contributed by atoms with E-state index < -0.39 is 5.97 Å². The molecule has 0 aliphatic heterocycles. The molecule has 0 aromatic heterocycles. The fraction of sp³-hybridized carbons (Fsp3) is 0.462. The van der Waals surface area contributed by atoms with Crippen LogP contribution in [-0.2, 0) is 4.74 Å². The first-order valence-corrected chi connectivity index (χ1v) is 6.59. The van der Waals surface area contributed by atoms with Crippen LogP contribution in [0.5, 0.6) is 5.75 Å². The average molecular weight is 317 g/mol. The van der Waals surface area contributed by atoms with Crippen LogP contribution < -0.4 is 4.74 Å². The van der Waals surface area contributed by atoms with Gasteiger partial charge in [-0.25, -0.2) is 4.79 Å². The second kappa shape index (κ2) is 7.38. The van der Waals surface area contributed by atoms with Crippen LogP contribution in [-0.4, -0.2) is 30.9 Å².